The Hall–Kier alpha value is -2.54. The lowest BCUT2D eigenvalue weighted by molar-refractivity contribution is -0.385. The van der Waals surface area contributed by atoms with Gasteiger partial charge < -0.3 is 9.84 Å². The van der Waals surface area contributed by atoms with Gasteiger partial charge in [-0.25, -0.2) is 8.78 Å². The van der Waals surface area contributed by atoms with Gasteiger partial charge in [0.1, 0.15) is 5.82 Å². The lowest BCUT2D eigenvalue weighted by atomic mass is 10.1. The number of benzene rings is 2. The van der Waals surface area contributed by atoms with E-state index in [0.29, 0.717) is 11.6 Å². The highest BCUT2D eigenvalue weighted by atomic mass is 19.1. The lowest BCUT2D eigenvalue weighted by Gasteiger charge is -2.10. The molecular formula is C14H11F2NO4. The summed E-state index contributed by atoms with van der Waals surface area (Å²) in [4.78, 5) is 10.3. The third-order valence-corrected chi connectivity index (χ3v) is 2.78. The first-order chi connectivity index (χ1) is 9.88. The van der Waals surface area contributed by atoms with Crippen LogP contribution in [0, 0.1) is 21.7 Å². The minimum Gasteiger partial charge on any atom is -0.447 e. The maximum atomic E-state index is 13.5. The number of nitro groups is 1. The van der Waals surface area contributed by atoms with Gasteiger partial charge in [0.25, 0.3) is 0 Å². The van der Waals surface area contributed by atoms with E-state index >= 15 is 0 Å². The van der Waals surface area contributed by atoms with Gasteiger partial charge in [0, 0.05) is 12.1 Å². The molecule has 2 rings (SSSR count). The Kier molecular flexibility index (Phi) is 4.13. The monoisotopic (exact) mass is 295 g/mol. The molecule has 1 atom stereocenters. The number of aliphatic hydroxyl groups excluding tert-OH is 1. The average Bonchev–Trinajstić information content (AvgIpc) is 2.41. The van der Waals surface area contributed by atoms with Crippen molar-refractivity contribution in [3.05, 3.63) is 63.7 Å². The van der Waals surface area contributed by atoms with Crippen LogP contribution in [0.1, 0.15) is 18.6 Å². The van der Waals surface area contributed by atoms with Crippen molar-refractivity contribution in [1.29, 1.82) is 0 Å². The van der Waals surface area contributed by atoms with Crippen molar-refractivity contribution < 1.29 is 23.5 Å². The third-order valence-electron chi connectivity index (χ3n) is 2.78. The lowest BCUT2D eigenvalue weighted by Crippen LogP contribution is -1.98. The van der Waals surface area contributed by atoms with Gasteiger partial charge in [0.05, 0.1) is 11.0 Å². The largest absolute Gasteiger partial charge is 0.447 e. The van der Waals surface area contributed by atoms with Crippen LogP contribution in [-0.2, 0) is 0 Å². The molecule has 110 valence electrons. The zero-order valence-electron chi connectivity index (χ0n) is 10.9. The standard InChI is InChI=1S/C14H11F2NO4/c1-8(18)9-2-4-14(12(6-9)17(19)20)21-13-5-3-10(15)7-11(13)16/h2-8,18H,1H3. The summed E-state index contributed by atoms with van der Waals surface area (Å²) < 4.78 is 31.4. The molecule has 7 heteroatoms. The Morgan fingerprint density at radius 3 is 2.43 bits per heavy atom. The van der Waals surface area contributed by atoms with Gasteiger partial charge in [-0.05, 0) is 30.7 Å². The number of aliphatic hydroxyl groups is 1. The molecule has 1 N–H and O–H groups in total. The molecule has 0 heterocycles. The first-order valence-electron chi connectivity index (χ1n) is 5.98. The molecule has 0 aromatic heterocycles. The van der Waals surface area contributed by atoms with Crippen molar-refractivity contribution in [3.8, 4) is 11.5 Å². The number of ether oxygens (including phenoxy) is 1. The second kappa shape index (κ2) is 5.84. The number of rotatable bonds is 4. The van der Waals surface area contributed by atoms with Crippen LogP contribution < -0.4 is 4.74 Å². The summed E-state index contributed by atoms with van der Waals surface area (Å²) in [6, 6.07) is 6.45. The van der Waals surface area contributed by atoms with Gasteiger partial charge in [-0.3, -0.25) is 10.1 Å². The van der Waals surface area contributed by atoms with Gasteiger partial charge in [-0.15, -0.1) is 0 Å². The molecule has 0 aliphatic carbocycles. The summed E-state index contributed by atoms with van der Waals surface area (Å²) in [6.45, 7) is 1.46. The van der Waals surface area contributed by atoms with Crippen LogP contribution in [0.4, 0.5) is 14.5 Å². The third kappa shape index (κ3) is 3.32. The Bertz CT molecular complexity index is 689. The molecule has 0 fully saturated rings. The summed E-state index contributed by atoms with van der Waals surface area (Å²) in [6.07, 6.45) is -0.889. The smallest absolute Gasteiger partial charge is 0.311 e. The number of hydrogen-bond acceptors (Lipinski definition) is 4. The fraction of sp³-hybridized carbons (Fsp3) is 0.143. The van der Waals surface area contributed by atoms with Gasteiger partial charge >= 0.3 is 5.69 Å². The zero-order chi connectivity index (χ0) is 15.6. The Labute approximate surface area is 118 Å². The van der Waals surface area contributed by atoms with E-state index in [2.05, 4.69) is 0 Å². The Morgan fingerprint density at radius 1 is 1.19 bits per heavy atom. The topological polar surface area (TPSA) is 72.6 Å². The molecule has 0 spiro atoms. The minimum absolute atomic E-state index is 0.199. The van der Waals surface area contributed by atoms with E-state index in [1.165, 1.54) is 19.1 Å². The van der Waals surface area contributed by atoms with Crippen molar-refractivity contribution in [3.63, 3.8) is 0 Å². The van der Waals surface area contributed by atoms with E-state index in [4.69, 9.17) is 4.74 Å². The van der Waals surface area contributed by atoms with E-state index in [1.54, 1.807) is 0 Å². The highest BCUT2D eigenvalue weighted by Gasteiger charge is 2.19. The molecule has 2 aromatic rings. The zero-order valence-corrected chi connectivity index (χ0v) is 10.9. The molecule has 21 heavy (non-hydrogen) atoms. The summed E-state index contributed by atoms with van der Waals surface area (Å²) in [5.74, 6) is -2.28. The summed E-state index contributed by atoms with van der Waals surface area (Å²) in [5.41, 5.74) is -0.0919. The maximum Gasteiger partial charge on any atom is 0.311 e. The molecule has 0 aliphatic rings. The van der Waals surface area contributed by atoms with E-state index in [1.807, 2.05) is 0 Å². The summed E-state index contributed by atoms with van der Waals surface area (Å²) in [5, 5.41) is 20.4. The predicted octanol–water partition coefficient (Wildman–Crippen LogP) is 3.72. The number of nitrogens with zero attached hydrogens (tertiary/aromatic N) is 1. The van der Waals surface area contributed by atoms with Crippen molar-refractivity contribution >= 4 is 5.69 Å². The fourth-order valence-corrected chi connectivity index (χ4v) is 1.70. The molecule has 5 nitrogen and oxygen atoms in total. The second-order valence-electron chi connectivity index (χ2n) is 4.34. The van der Waals surface area contributed by atoms with Crippen LogP contribution in [0.5, 0.6) is 11.5 Å². The Morgan fingerprint density at radius 2 is 1.86 bits per heavy atom. The van der Waals surface area contributed by atoms with E-state index in [-0.39, 0.29) is 11.5 Å². The first-order valence-corrected chi connectivity index (χ1v) is 5.98. The van der Waals surface area contributed by atoms with Crippen LogP contribution in [0.2, 0.25) is 0 Å². The molecule has 0 bridgehead atoms. The van der Waals surface area contributed by atoms with Gasteiger partial charge in [0.2, 0.25) is 5.75 Å². The molecule has 0 radical (unpaired) electrons. The molecular weight excluding hydrogens is 284 g/mol. The second-order valence-corrected chi connectivity index (χ2v) is 4.34. The maximum absolute atomic E-state index is 13.5. The molecule has 0 saturated heterocycles. The normalized spacial score (nSPS) is 12.0. The van der Waals surface area contributed by atoms with Gasteiger partial charge in [-0.1, -0.05) is 6.07 Å². The SMILES string of the molecule is CC(O)c1ccc(Oc2ccc(F)cc2F)c([N+](=O)[O-])c1. The van der Waals surface area contributed by atoms with Crippen LogP contribution in [0.25, 0.3) is 0 Å². The van der Waals surface area contributed by atoms with Gasteiger partial charge in [-0.2, -0.15) is 0 Å². The molecule has 0 amide bonds. The number of halogens is 2. The molecule has 2 aromatic carbocycles. The molecule has 1 unspecified atom stereocenters. The van der Waals surface area contributed by atoms with Crippen LogP contribution in [0.3, 0.4) is 0 Å². The fourth-order valence-electron chi connectivity index (χ4n) is 1.70. The molecule has 0 saturated carbocycles. The average molecular weight is 295 g/mol. The summed E-state index contributed by atoms with van der Waals surface area (Å²) >= 11 is 0. The van der Waals surface area contributed by atoms with E-state index in [9.17, 15) is 24.0 Å². The highest BCUT2D eigenvalue weighted by molar-refractivity contribution is 5.51. The predicted molar refractivity (Wildman–Crippen MR) is 70.2 cm³/mol. The minimum atomic E-state index is -0.969. The van der Waals surface area contributed by atoms with Crippen LogP contribution >= 0.6 is 0 Å². The number of nitro benzene ring substituents is 1. The van der Waals surface area contributed by atoms with Crippen molar-refractivity contribution in [1.82, 2.24) is 0 Å². The summed E-state index contributed by atoms with van der Waals surface area (Å²) in [7, 11) is 0. The van der Waals surface area contributed by atoms with E-state index < -0.39 is 28.3 Å². The van der Waals surface area contributed by atoms with Crippen LogP contribution in [0.15, 0.2) is 36.4 Å². The highest BCUT2D eigenvalue weighted by Crippen LogP contribution is 2.34. The molecule has 0 aliphatic heterocycles. The van der Waals surface area contributed by atoms with Crippen molar-refractivity contribution in [2.75, 3.05) is 0 Å². The van der Waals surface area contributed by atoms with Crippen molar-refractivity contribution in [2.45, 2.75) is 13.0 Å². The first kappa shape index (κ1) is 14.9. The van der Waals surface area contributed by atoms with Gasteiger partial charge in [0.15, 0.2) is 11.6 Å². The van der Waals surface area contributed by atoms with Crippen LogP contribution in [-0.4, -0.2) is 10.0 Å². The van der Waals surface area contributed by atoms with E-state index in [0.717, 1.165) is 18.2 Å². The Balaban J connectivity index is 2.41. The number of hydrogen-bond donors (Lipinski definition) is 1. The quantitative estimate of drug-likeness (QED) is 0.689. The van der Waals surface area contributed by atoms with Crippen molar-refractivity contribution in [2.24, 2.45) is 0 Å².